The van der Waals surface area contributed by atoms with Gasteiger partial charge in [-0.15, -0.1) is 84.9 Å². The van der Waals surface area contributed by atoms with E-state index >= 15 is 0 Å². The summed E-state index contributed by atoms with van der Waals surface area (Å²) in [5.74, 6) is 20.0. The highest BCUT2D eigenvalue weighted by Crippen LogP contribution is 2.57. The minimum absolute atomic E-state index is 0.0425. The van der Waals surface area contributed by atoms with Gasteiger partial charge in [0.15, 0.2) is 19.0 Å². The molecule has 7 aliphatic rings. The summed E-state index contributed by atoms with van der Waals surface area (Å²) in [6, 6.07) is 30.6. The maximum atomic E-state index is 13.0. The van der Waals surface area contributed by atoms with Gasteiger partial charge in [-0.25, -0.2) is 0 Å². The minimum Gasteiger partial charge on any atom is -0.756 e. The number of nitrogens with zero attached hydrogens (tertiary/aromatic N) is 14. The number of amides is 3. The van der Waals surface area contributed by atoms with Crippen molar-refractivity contribution >= 4 is 36.9 Å². The molecular weight excluding hydrogens is 1450 g/mol. The Balaban J connectivity index is 0.000000151. The van der Waals surface area contributed by atoms with Gasteiger partial charge in [0.2, 0.25) is 35.2 Å². The van der Waals surface area contributed by atoms with Crippen LogP contribution in [0.1, 0.15) is 172 Å². The molecular formula is C86H107N17O9P-. The van der Waals surface area contributed by atoms with E-state index in [2.05, 4.69) is 151 Å². The molecule has 4 aromatic carbocycles. The van der Waals surface area contributed by atoms with Crippen molar-refractivity contribution < 1.29 is 42.4 Å². The Kier molecular flexibility index (Phi) is 31.3. The predicted octanol–water partition coefficient (Wildman–Crippen LogP) is 13.9. The topological polar surface area (TPSA) is 359 Å². The number of carbonyl (C=O) groups is 3. The Bertz CT molecular complexity index is 4490. The van der Waals surface area contributed by atoms with Crippen molar-refractivity contribution in [3.05, 3.63) is 144 Å². The van der Waals surface area contributed by atoms with Crippen LogP contribution in [0.15, 0.2) is 122 Å². The van der Waals surface area contributed by atoms with Crippen LogP contribution in [-0.4, -0.2) is 128 Å². The van der Waals surface area contributed by atoms with Gasteiger partial charge >= 0.3 is 0 Å². The molecule has 26 nitrogen and oxygen atoms in total. The first kappa shape index (κ1) is 84.3. The molecule has 0 radical (unpaired) electrons. The van der Waals surface area contributed by atoms with Crippen molar-refractivity contribution in [2.45, 2.75) is 195 Å². The smallest absolute Gasteiger partial charge is 0.267 e. The average molecular weight is 1550 g/mol. The third-order valence-corrected chi connectivity index (χ3v) is 24.3. The number of phosphoric ester groups is 1. The molecule has 4 N–H and O–H groups in total. The highest BCUT2D eigenvalue weighted by molar-refractivity contribution is 7.45. The first-order chi connectivity index (χ1) is 54.9. The van der Waals surface area contributed by atoms with Crippen LogP contribution in [0.2, 0.25) is 0 Å². The number of anilines is 2. The molecule has 4 fully saturated rings. The number of nitrogens with two attached hydrogens (primary N) is 1. The number of aryl methyl sites for hydroxylation is 3. The Labute approximate surface area is 663 Å². The van der Waals surface area contributed by atoms with Crippen LogP contribution in [0.4, 0.5) is 11.4 Å². The number of rotatable bonds is 25. The van der Waals surface area contributed by atoms with Crippen molar-refractivity contribution in [3.63, 3.8) is 0 Å². The number of ether oxygens (including phenoxy) is 2. The lowest BCUT2D eigenvalue weighted by Crippen LogP contribution is -2.31. The number of phosphoric acid groups is 1. The molecule has 3 saturated carbocycles. The number of carbonyl (C=O) groups excluding carboxylic acids is 3. The summed E-state index contributed by atoms with van der Waals surface area (Å²) in [5, 5.41) is 60.1. The molecule has 0 spiro atoms. The van der Waals surface area contributed by atoms with Crippen molar-refractivity contribution in [1.82, 2.24) is 71.4 Å². The van der Waals surface area contributed by atoms with E-state index in [0.717, 1.165) is 104 Å². The zero-order valence-corrected chi connectivity index (χ0v) is 67.1. The summed E-state index contributed by atoms with van der Waals surface area (Å²) >= 11 is 0. The fourth-order valence-corrected chi connectivity index (χ4v) is 17.6. The summed E-state index contributed by atoms with van der Waals surface area (Å²) in [5.41, 5.74) is 17.0. The van der Waals surface area contributed by atoms with Gasteiger partial charge in [-0.3, -0.25) is 18.9 Å². The Hall–Kier alpha value is -9.66. The summed E-state index contributed by atoms with van der Waals surface area (Å²) in [7, 11) is -2.70. The number of hydrogen-bond acceptors (Lipinski definition) is 23. The Morgan fingerprint density at radius 2 is 1.00 bits per heavy atom. The quantitative estimate of drug-likeness (QED) is 0.0353. The highest BCUT2D eigenvalue weighted by Gasteiger charge is 2.50. The molecule has 3 amide bonds. The van der Waals surface area contributed by atoms with E-state index in [1.165, 1.54) is 98.2 Å². The monoisotopic (exact) mass is 1550 g/mol. The third-order valence-electron chi connectivity index (χ3n) is 23.3. The van der Waals surface area contributed by atoms with E-state index in [0.29, 0.717) is 71.4 Å². The number of methoxy groups -OCH3 is 1. The predicted molar refractivity (Wildman–Crippen MR) is 428 cm³/mol. The van der Waals surface area contributed by atoms with Crippen molar-refractivity contribution in [1.29, 1.82) is 0 Å². The normalized spacial score (nSPS) is 23.9. The van der Waals surface area contributed by atoms with Crippen molar-refractivity contribution in [2.24, 2.45) is 76.7 Å². The zero-order valence-electron chi connectivity index (χ0n) is 66.2. The number of hydrogen-bond donors (Lipinski definition) is 3. The van der Waals surface area contributed by atoms with Crippen LogP contribution in [0.3, 0.4) is 0 Å². The lowest BCUT2D eigenvalue weighted by molar-refractivity contribution is -0.228. The van der Waals surface area contributed by atoms with E-state index < -0.39 is 25.6 Å². The zero-order chi connectivity index (χ0) is 79.6. The van der Waals surface area contributed by atoms with Gasteiger partial charge in [0.25, 0.3) is 7.82 Å². The average Bonchev–Trinajstić information content (AvgIpc) is 1.62. The number of nitrogens with one attached hydrogen (secondary N) is 2. The molecule has 1 aliphatic heterocycles. The van der Waals surface area contributed by atoms with Gasteiger partial charge in [0.05, 0.1) is 37.3 Å². The van der Waals surface area contributed by atoms with Crippen LogP contribution in [0.25, 0.3) is 45.4 Å². The number of primary amides is 1. The Morgan fingerprint density at radius 3 is 1.46 bits per heavy atom. The molecule has 4 aromatic heterocycles. The molecule has 16 atom stereocenters. The van der Waals surface area contributed by atoms with Crippen molar-refractivity contribution in [3.8, 4) is 69.1 Å². The second kappa shape index (κ2) is 41.9. The molecule has 27 heteroatoms. The summed E-state index contributed by atoms with van der Waals surface area (Å²) in [4.78, 5) is 50.0. The fourth-order valence-electron chi connectivity index (χ4n) is 16.8. The largest absolute Gasteiger partial charge is 0.756 e. The van der Waals surface area contributed by atoms with Crippen LogP contribution < -0.4 is 21.3 Å². The molecule has 596 valence electrons. The molecule has 6 aliphatic carbocycles. The molecule has 8 aromatic rings. The van der Waals surface area contributed by atoms with Gasteiger partial charge < -0.3 is 39.8 Å². The van der Waals surface area contributed by atoms with Gasteiger partial charge in [0.1, 0.15) is 6.10 Å². The lowest BCUT2D eigenvalue weighted by Gasteiger charge is -2.25. The van der Waals surface area contributed by atoms with Crippen LogP contribution >= 0.6 is 7.82 Å². The molecule has 1 saturated heterocycles. The standard InChI is InChI=1S/C28H31N11O3.C20H24N2.C18H29O6P.C11H16.C9H8N4/c1-3-18(28(42)35-23-12-8-20(9-13-23)26-38-32-16-33-39-26)4-5-21(24(29)40)14-17(2)27(41)34-22-10-6-19(7-11-22)25-36-30-15-31-37-25;1-3-16-18-9-8-15-12-21-22-20(17(15)10-11-19(16)18)14-6-4-13(2)5-7-14;1-13-11-17(21-2)18(24-13)12-23-25(19,20)22-10-9-16-14-7-5-3-4-6-8-15(14)16;1-2-9-10-7-5-3-4-6-8-11(9)10;1-7-2-4-8(5-3-7)9-12-10-6-11-13-9/h6-13,15-18,21H,3-5,14H2,1-2H3,(H2,29,40)(H,34,41)(H,35,42);4-7,12,16,18-19H,3,8-11H2,1-2H3;13-18H,5-12H2,1-2H3,(H,19,20);9-11H,2,5-8H2,1H3;2-6H,1H3/p-1/t;16?,18-,19+;13-,14-,15+,16?,17?,18+;9?,10-,11+;/m.10../s1. The number of aromatic nitrogens is 14. The second-order valence-corrected chi connectivity index (χ2v) is 32.1. The van der Waals surface area contributed by atoms with E-state index in [1.54, 1.807) is 62.6 Å². The lowest BCUT2D eigenvalue weighted by atomic mass is 9.87. The van der Waals surface area contributed by atoms with Gasteiger partial charge in [-0.1, -0.05) is 100 Å². The molecule has 8 unspecified atom stereocenters. The van der Waals surface area contributed by atoms with Crippen LogP contribution in [0, 0.1) is 109 Å². The van der Waals surface area contributed by atoms with Crippen LogP contribution in [-0.2, 0) is 50.3 Å². The van der Waals surface area contributed by atoms with Crippen molar-refractivity contribution in [2.75, 3.05) is 31.0 Å². The SMILES string of the molecule is CCC(CCC(CC(C)C(=O)Nc1ccc(-c2nncnn2)cc1)C(N)=O)C(=O)Nc1ccc(-c2nncnn2)cc1.CCC1[C@H]2CCC#CCC[C@@H]12.CCC1[C@H]2CCc3cnnc(-c4ccc(C)cc4)c3CC[C@@H]12.COC1C[C@H](C)O[C@@H]1COP(=O)([O-])OCCC1[C@H]2CCC#CCC[C@@H]12.Cc1ccc(-c2nncnn2)cc1. The minimum atomic E-state index is -4.30. The molecule has 0 bridgehead atoms. The maximum absolute atomic E-state index is 13.0. The van der Waals surface area contributed by atoms with E-state index in [1.807, 2.05) is 51.2 Å². The Morgan fingerprint density at radius 1 is 0.566 bits per heavy atom. The van der Waals surface area contributed by atoms with E-state index in [9.17, 15) is 23.8 Å². The molecule has 113 heavy (non-hydrogen) atoms. The summed E-state index contributed by atoms with van der Waals surface area (Å²) in [6.07, 6.45) is 25.6. The number of fused-ring (bicyclic) bond motifs is 4. The molecule has 15 rings (SSSR count). The third kappa shape index (κ3) is 24.7. The summed E-state index contributed by atoms with van der Waals surface area (Å²) < 4.78 is 32.9. The first-order valence-electron chi connectivity index (χ1n) is 40.2. The highest BCUT2D eigenvalue weighted by atomic mass is 31.2. The van der Waals surface area contributed by atoms with E-state index in [4.69, 9.17) is 24.3 Å². The van der Waals surface area contributed by atoms with Crippen LogP contribution in [0.5, 0.6) is 0 Å². The molecule has 5 heterocycles. The van der Waals surface area contributed by atoms with E-state index in [-0.39, 0.29) is 55.7 Å². The van der Waals surface area contributed by atoms with Gasteiger partial charge in [-0.05, 0) is 217 Å². The second-order valence-electron chi connectivity index (χ2n) is 30.7. The fraction of sp³-hybridized carbons (Fsp3) is 0.523. The maximum Gasteiger partial charge on any atom is 0.267 e. The van der Waals surface area contributed by atoms with Gasteiger partial charge in [0, 0.05) is 90.6 Å². The van der Waals surface area contributed by atoms with Gasteiger partial charge in [-0.2, -0.15) is 10.2 Å². The number of benzene rings is 4. The first-order valence-corrected chi connectivity index (χ1v) is 41.7. The summed E-state index contributed by atoms with van der Waals surface area (Å²) in [6.45, 7) is 14.6.